The van der Waals surface area contributed by atoms with Crippen LogP contribution in [0.4, 0.5) is 8.78 Å². The molecule has 6 rings (SSSR count). The number of benzene rings is 1. The van der Waals surface area contributed by atoms with E-state index in [0.717, 1.165) is 53.1 Å². The molecule has 10 heteroatoms. The fourth-order valence-corrected chi connectivity index (χ4v) is 5.39. The Bertz CT molecular complexity index is 1460. The molecule has 1 amide bonds. The van der Waals surface area contributed by atoms with Crippen molar-refractivity contribution < 1.29 is 13.6 Å². The van der Waals surface area contributed by atoms with E-state index in [1.165, 1.54) is 12.8 Å². The van der Waals surface area contributed by atoms with Crippen LogP contribution < -0.4 is 5.32 Å². The van der Waals surface area contributed by atoms with E-state index in [0.29, 0.717) is 30.7 Å². The Kier molecular flexibility index (Phi) is 7.05. The normalized spacial score (nSPS) is 17.7. The molecule has 0 spiro atoms. The van der Waals surface area contributed by atoms with Crippen molar-refractivity contribution in [2.45, 2.75) is 44.8 Å². The van der Waals surface area contributed by atoms with E-state index in [-0.39, 0.29) is 18.9 Å². The zero-order valence-electron chi connectivity index (χ0n) is 21.7. The first-order chi connectivity index (χ1) is 18.9. The van der Waals surface area contributed by atoms with Crippen molar-refractivity contribution in [3.63, 3.8) is 0 Å². The lowest BCUT2D eigenvalue weighted by molar-refractivity contribution is 0.0115. The molecule has 5 heterocycles. The lowest BCUT2D eigenvalue weighted by Gasteiger charge is -2.15. The number of halogens is 2. The van der Waals surface area contributed by atoms with Gasteiger partial charge in [0.25, 0.3) is 11.8 Å². The zero-order chi connectivity index (χ0) is 26.8. The highest BCUT2D eigenvalue weighted by Gasteiger charge is 2.37. The first-order valence-electron chi connectivity index (χ1n) is 13.4. The number of H-pyrrole nitrogens is 1. The Morgan fingerprint density at radius 3 is 2.59 bits per heavy atom. The number of pyridine rings is 2. The van der Waals surface area contributed by atoms with Crippen molar-refractivity contribution in [1.82, 2.24) is 35.3 Å². The molecule has 2 N–H and O–H groups in total. The number of likely N-dealkylation sites (tertiary alicyclic amines) is 2. The van der Waals surface area contributed by atoms with Crippen LogP contribution in [0.2, 0.25) is 0 Å². The molecular weight excluding hydrogens is 500 g/mol. The number of hydrogen-bond donors (Lipinski definition) is 2. The van der Waals surface area contributed by atoms with Gasteiger partial charge in [-0.25, -0.2) is 8.78 Å². The number of rotatable bonds is 8. The molecule has 4 aromatic rings. The van der Waals surface area contributed by atoms with Gasteiger partial charge in [-0.05, 0) is 66.9 Å². The molecule has 0 atom stereocenters. The summed E-state index contributed by atoms with van der Waals surface area (Å²) in [5.74, 6) is -2.90. The van der Waals surface area contributed by atoms with Crippen molar-refractivity contribution >= 4 is 16.8 Å². The van der Waals surface area contributed by atoms with Gasteiger partial charge in [0.1, 0.15) is 0 Å². The summed E-state index contributed by atoms with van der Waals surface area (Å²) in [5.41, 5.74) is 5.62. The summed E-state index contributed by atoms with van der Waals surface area (Å²) in [6, 6.07) is 11.7. The number of hydrogen-bond acceptors (Lipinski definition) is 6. The van der Waals surface area contributed by atoms with Gasteiger partial charge in [0.05, 0.1) is 17.8 Å². The topological polar surface area (TPSA) is 90.0 Å². The average Bonchev–Trinajstić information content (AvgIpc) is 3.68. The van der Waals surface area contributed by atoms with Gasteiger partial charge in [0.15, 0.2) is 5.69 Å². The lowest BCUT2D eigenvalue weighted by atomic mass is 10.0. The molecule has 0 unspecified atom stereocenters. The molecule has 1 aromatic carbocycles. The van der Waals surface area contributed by atoms with Crippen molar-refractivity contribution in [3.8, 4) is 11.1 Å². The Hall–Kier alpha value is -3.76. The number of aromatic nitrogens is 4. The number of nitrogens with zero attached hydrogens (tertiary/aromatic N) is 5. The minimum absolute atomic E-state index is 0.108. The number of carbonyl (C=O) groups is 1. The monoisotopic (exact) mass is 531 g/mol. The average molecular weight is 532 g/mol. The molecule has 3 aromatic heterocycles. The second kappa shape index (κ2) is 10.8. The third-order valence-corrected chi connectivity index (χ3v) is 7.48. The molecule has 0 aliphatic carbocycles. The summed E-state index contributed by atoms with van der Waals surface area (Å²) < 4.78 is 27.2. The Labute approximate surface area is 225 Å². The highest BCUT2D eigenvalue weighted by molar-refractivity contribution is 6.05. The van der Waals surface area contributed by atoms with Gasteiger partial charge >= 0.3 is 0 Å². The summed E-state index contributed by atoms with van der Waals surface area (Å²) in [7, 11) is 0. The third kappa shape index (κ3) is 5.97. The van der Waals surface area contributed by atoms with Gasteiger partial charge in [0.2, 0.25) is 0 Å². The number of aromatic amines is 1. The van der Waals surface area contributed by atoms with E-state index in [9.17, 15) is 13.6 Å². The zero-order valence-corrected chi connectivity index (χ0v) is 21.7. The molecule has 2 saturated heterocycles. The molecule has 2 aliphatic heterocycles. The van der Waals surface area contributed by atoms with E-state index >= 15 is 0 Å². The van der Waals surface area contributed by atoms with Crippen LogP contribution in [0.3, 0.4) is 0 Å². The van der Waals surface area contributed by atoms with Crippen molar-refractivity contribution in [3.05, 3.63) is 77.5 Å². The SMILES string of the molecule is O=C(NCc1ccc(CN2CCCC2)nc1)c1n[nH]c2ccc(-c3cncc(CN4CCC(F)(F)C4)c3)cc12. The molecule has 0 saturated carbocycles. The van der Waals surface area contributed by atoms with Crippen molar-refractivity contribution in [2.24, 2.45) is 0 Å². The second-order valence-electron chi connectivity index (χ2n) is 10.6. The van der Waals surface area contributed by atoms with Gasteiger partial charge in [-0.1, -0.05) is 12.1 Å². The van der Waals surface area contributed by atoms with E-state index in [1.54, 1.807) is 17.3 Å². The van der Waals surface area contributed by atoms with E-state index in [1.807, 2.05) is 42.6 Å². The molecule has 0 bridgehead atoms. The van der Waals surface area contributed by atoms with Crippen LogP contribution in [0.25, 0.3) is 22.0 Å². The molecule has 202 valence electrons. The van der Waals surface area contributed by atoms with Gasteiger partial charge in [-0.15, -0.1) is 0 Å². The molecule has 0 radical (unpaired) electrons. The number of nitrogens with one attached hydrogen (secondary N) is 2. The minimum atomic E-state index is -2.62. The summed E-state index contributed by atoms with van der Waals surface area (Å²) in [5, 5.41) is 10.8. The fourth-order valence-electron chi connectivity index (χ4n) is 5.39. The fraction of sp³-hybridized carbons (Fsp3) is 0.379. The summed E-state index contributed by atoms with van der Waals surface area (Å²) >= 11 is 0. The first-order valence-corrected chi connectivity index (χ1v) is 13.4. The van der Waals surface area contributed by atoms with Gasteiger partial charge in [0, 0.05) is 62.1 Å². The number of amides is 1. The standard InChI is InChI=1S/C29H31F2N7O/c30-29(31)7-10-38(19-29)17-21-11-23(16-32-13-21)22-4-6-26-25(12-22)27(36-35-26)28(39)34-15-20-3-5-24(33-14-20)18-37-8-1-2-9-37/h3-6,11-14,16H,1-2,7-10,15,17-19H2,(H,34,39)(H,35,36). The van der Waals surface area contributed by atoms with Crippen LogP contribution in [-0.2, 0) is 19.6 Å². The smallest absolute Gasteiger partial charge is 0.272 e. The Balaban J connectivity index is 1.12. The van der Waals surface area contributed by atoms with Crippen LogP contribution >= 0.6 is 0 Å². The maximum Gasteiger partial charge on any atom is 0.272 e. The predicted molar refractivity (Wildman–Crippen MR) is 144 cm³/mol. The van der Waals surface area contributed by atoms with Gasteiger partial charge in [-0.3, -0.25) is 29.7 Å². The third-order valence-electron chi connectivity index (χ3n) is 7.48. The lowest BCUT2D eigenvalue weighted by Crippen LogP contribution is -2.24. The van der Waals surface area contributed by atoms with Crippen LogP contribution in [0, 0.1) is 0 Å². The summed E-state index contributed by atoms with van der Waals surface area (Å²) in [6.07, 6.45) is 7.66. The number of carbonyl (C=O) groups excluding carboxylic acids is 1. The Morgan fingerprint density at radius 1 is 0.949 bits per heavy atom. The Morgan fingerprint density at radius 2 is 1.82 bits per heavy atom. The van der Waals surface area contributed by atoms with Crippen molar-refractivity contribution in [2.75, 3.05) is 26.2 Å². The summed E-state index contributed by atoms with van der Waals surface area (Å²) in [6.45, 7) is 4.03. The van der Waals surface area contributed by atoms with Crippen LogP contribution in [-0.4, -0.2) is 68.0 Å². The quantitative estimate of drug-likeness (QED) is 0.351. The second-order valence-corrected chi connectivity index (χ2v) is 10.6. The van der Waals surface area contributed by atoms with Gasteiger partial charge < -0.3 is 5.32 Å². The van der Waals surface area contributed by atoms with Crippen LogP contribution in [0.15, 0.2) is 55.0 Å². The van der Waals surface area contributed by atoms with E-state index in [2.05, 4.69) is 30.4 Å². The van der Waals surface area contributed by atoms with Gasteiger partial charge in [-0.2, -0.15) is 5.10 Å². The first kappa shape index (κ1) is 25.5. The van der Waals surface area contributed by atoms with E-state index < -0.39 is 5.92 Å². The maximum atomic E-state index is 13.6. The van der Waals surface area contributed by atoms with E-state index in [4.69, 9.17) is 0 Å². The molecule has 2 fully saturated rings. The van der Waals surface area contributed by atoms with Crippen molar-refractivity contribution in [1.29, 1.82) is 0 Å². The number of fused-ring (bicyclic) bond motifs is 1. The molecule has 8 nitrogen and oxygen atoms in total. The molecular formula is C29H31F2N7O. The summed E-state index contributed by atoms with van der Waals surface area (Å²) in [4.78, 5) is 26.1. The van der Waals surface area contributed by atoms with Crippen LogP contribution in [0.5, 0.6) is 0 Å². The highest BCUT2D eigenvalue weighted by Crippen LogP contribution is 2.29. The predicted octanol–water partition coefficient (Wildman–Crippen LogP) is 4.39. The van der Waals surface area contributed by atoms with Crippen LogP contribution in [0.1, 0.15) is 46.6 Å². The molecule has 2 aliphatic rings. The maximum absolute atomic E-state index is 13.6. The largest absolute Gasteiger partial charge is 0.346 e. The molecule has 39 heavy (non-hydrogen) atoms. The minimum Gasteiger partial charge on any atom is -0.346 e. The highest BCUT2D eigenvalue weighted by atomic mass is 19.3. The number of alkyl halides is 2.